The predicted molar refractivity (Wildman–Crippen MR) is 85.0 cm³/mol. The second kappa shape index (κ2) is 6.11. The second-order valence-electron chi connectivity index (χ2n) is 5.35. The number of methoxy groups -OCH3 is 1. The summed E-state index contributed by atoms with van der Waals surface area (Å²) in [7, 11) is 1.60. The predicted octanol–water partition coefficient (Wildman–Crippen LogP) is 2.82. The van der Waals surface area contributed by atoms with E-state index in [1.807, 2.05) is 42.5 Å². The lowest BCUT2D eigenvalue weighted by Crippen LogP contribution is -2.35. The quantitative estimate of drug-likeness (QED) is 0.942. The Labute approximate surface area is 134 Å². The Bertz CT molecular complexity index is 750. The van der Waals surface area contributed by atoms with E-state index < -0.39 is 11.7 Å². The fourth-order valence-electron chi connectivity index (χ4n) is 2.56. The molecule has 0 aliphatic carbocycles. The number of oxime groups is 1. The second-order valence-corrected chi connectivity index (χ2v) is 5.35. The van der Waals surface area contributed by atoms with Crippen LogP contribution in [0.1, 0.15) is 23.7 Å². The molecular formula is C18H16N2O3. The topological polar surface area (TPSA) is 74.8 Å². The molecule has 0 aromatic heterocycles. The third-order valence-corrected chi connectivity index (χ3v) is 3.92. The molecule has 5 nitrogen and oxygen atoms in total. The van der Waals surface area contributed by atoms with E-state index in [0.29, 0.717) is 11.3 Å². The first kappa shape index (κ1) is 15.1. The van der Waals surface area contributed by atoms with Crippen molar-refractivity contribution in [3.63, 3.8) is 0 Å². The van der Waals surface area contributed by atoms with Crippen LogP contribution in [0.15, 0.2) is 59.8 Å². The van der Waals surface area contributed by atoms with Crippen molar-refractivity contribution in [2.24, 2.45) is 5.16 Å². The van der Waals surface area contributed by atoms with Gasteiger partial charge in [-0.25, -0.2) is 0 Å². The van der Waals surface area contributed by atoms with Gasteiger partial charge in [-0.3, -0.25) is 0 Å². The molecule has 0 bridgehead atoms. The van der Waals surface area contributed by atoms with Crippen molar-refractivity contribution < 1.29 is 14.7 Å². The minimum atomic E-state index is -1.41. The van der Waals surface area contributed by atoms with E-state index in [1.54, 1.807) is 19.2 Å². The Balaban J connectivity index is 1.83. The molecule has 0 saturated carbocycles. The summed E-state index contributed by atoms with van der Waals surface area (Å²) < 4.78 is 5.13. The average molecular weight is 308 g/mol. The Morgan fingerprint density at radius 2 is 1.91 bits per heavy atom. The standard InChI is InChI=1S/C18H16N2O3/c1-22-15-9-7-13(8-10-15)16-11-18(12-19,23-20-16)17(21)14-5-3-2-4-6-14/h2-10,17,21H,11H2,1H3. The van der Waals surface area contributed by atoms with Crippen LogP contribution in [0.5, 0.6) is 5.75 Å². The molecule has 23 heavy (non-hydrogen) atoms. The summed E-state index contributed by atoms with van der Waals surface area (Å²) >= 11 is 0. The number of hydrogen-bond acceptors (Lipinski definition) is 5. The van der Waals surface area contributed by atoms with E-state index >= 15 is 0 Å². The Kier molecular flexibility index (Phi) is 4.00. The summed E-state index contributed by atoms with van der Waals surface area (Å²) in [6.07, 6.45) is -0.862. The molecule has 2 unspecified atom stereocenters. The molecule has 1 aliphatic heterocycles. The van der Waals surface area contributed by atoms with Crippen molar-refractivity contribution in [2.75, 3.05) is 7.11 Å². The third-order valence-electron chi connectivity index (χ3n) is 3.92. The van der Waals surface area contributed by atoms with E-state index in [-0.39, 0.29) is 6.42 Å². The first-order valence-electron chi connectivity index (χ1n) is 7.22. The lowest BCUT2D eigenvalue weighted by atomic mass is 9.86. The van der Waals surface area contributed by atoms with Crippen molar-refractivity contribution in [3.05, 3.63) is 65.7 Å². The number of benzene rings is 2. The summed E-state index contributed by atoms with van der Waals surface area (Å²) in [5.41, 5.74) is 0.684. The number of nitrogens with zero attached hydrogens (tertiary/aromatic N) is 2. The molecule has 1 heterocycles. The van der Waals surface area contributed by atoms with Crippen LogP contribution >= 0.6 is 0 Å². The van der Waals surface area contributed by atoms with Crippen LogP contribution in [0.3, 0.4) is 0 Å². The molecule has 1 aliphatic rings. The SMILES string of the molecule is COc1ccc(C2=NOC(C#N)(C(O)c3ccccc3)C2)cc1. The minimum absolute atomic E-state index is 0.214. The van der Waals surface area contributed by atoms with E-state index in [0.717, 1.165) is 11.3 Å². The zero-order valence-corrected chi connectivity index (χ0v) is 12.6. The number of nitriles is 1. The summed E-state index contributed by atoms with van der Waals surface area (Å²) in [5.74, 6) is 0.740. The highest BCUT2D eigenvalue weighted by molar-refractivity contribution is 6.02. The summed E-state index contributed by atoms with van der Waals surface area (Å²) in [6.45, 7) is 0. The fraction of sp³-hybridized carbons (Fsp3) is 0.222. The maximum Gasteiger partial charge on any atom is 0.257 e. The number of rotatable bonds is 4. The minimum Gasteiger partial charge on any atom is -0.497 e. The fourth-order valence-corrected chi connectivity index (χ4v) is 2.56. The van der Waals surface area contributed by atoms with E-state index in [1.165, 1.54) is 0 Å². The molecule has 1 N–H and O–H groups in total. The Morgan fingerprint density at radius 1 is 1.22 bits per heavy atom. The number of aliphatic hydroxyl groups is 1. The molecule has 116 valence electrons. The van der Waals surface area contributed by atoms with Crippen molar-refractivity contribution in [1.82, 2.24) is 0 Å². The van der Waals surface area contributed by atoms with Gasteiger partial charge in [0.2, 0.25) is 0 Å². The highest BCUT2D eigenvalue weighted by atomic mass is 16.7. The number of ether oxygens (including phenoxy) is 1. The van der Waals surface area contributed by atoms with Gasteiger partial charge >= 0.3 is 0 Å². The Morgan fingerprint density at radius 3 is 2.52 bits per heavy atom. The molecule has 2 aromatic rings. The van der Waals surface area contributed by atoms with Crippen LogP contribution < -0.4 is 4.74 Å². The van der Waals surface area contributed by atoms with Gasteiger partial charge in [-0.15, -0.1) is 0 Å². The van der Waals surface area contributed by atoms with Gasteiger partial charge in [0.1, 0.15) is 17.9 Å². The zero-order chi connectivity index (χ0) is 16.3. The van der Waals surface area contributed by atoms with Crippen LogP contribution in [0, 0.1) is 11.3 Å². The van der Waals surface area contributed by atoms with Gasteiger partial charge in [-0.2, -0.15) is 5.26 Å². The van der Waals surface area contributed by atoms with Crippen molar-refractivity contribution in [3.8, 4) is 11.8 Å². The van der Waals surface area contributed by atoms with E-state index in [4.69, 9.17) is 9.57 Å². The van der Waals surface area contributed by atoms with Gasteiger partial charge in [0.25, 0.3) is 5.60 Å². The summed E-state index contributed by atoms with van der Waals surface area (Å²) in [6, 6.07) is 18.4. The van der Waals surface area contributed by atoms with Gasteiger partial charge in [-0.1, -0.05) is 35.5 Å². The van der Waals surface area contributed by atoms with Crippen molar-refractivity contribution in [1.29, 1.82) is 5.26 Å². The monoisotopic (exact) mass is 308 g/mol. The number of aliphatic hydroxyl groups excluding tert-OH is 1. The van der Waals surface area contributed by atoms with Gasteiger partial charge in [-0.05, 0) is 35.4 Å². The van der Waals surface area contributed by atoms with Gasteiger partial charge in [0.15, 0.2) is 0 Å². The third kappa shape index (κ3) is 2.77. The average Bonchev–Trinajstić information content (AvgIpc) is 3.08. The highest BCUT2D eigenvalue weighted by Gasteiger charge is 2.47. The maximum atomic E-state index is 10.6. The summed E-state index contributed by atoms with van der Waals surface area (Å²) in [5, 5.41) is 24.2. The normalized spacial score (nSPS) is 21.0. The zero-order valence-electron chi connectivity index (χ0n) is 12.6. The molecule has 2 aromatic carbocycles. The Hall–Kier alpha value is -2.84. The van der Waals surface area contributed by atoms with Crippen LogP contribution in [-0.4, -0.2) is 23.5 Å². The van der Waals surface area contributed by atoms with Crippen LogP contribution in [0.4, 0.5) is 0 Å². The van der Waals surface area contributed by atoms with Crippen molar-refractivity contribution in [2.45, 2.75) is 18.1 Å². The van der Waals surface area contributed by atoms with Crippen molar-refractivity contribution >= 4 is 5.71 Å². The molecule has 0 amide bonds. The molecule has 0 radical (unpaired) electrons. The van der Waals surface area contributed by atoms with Crippen LogP contribution in [0.2, 0.25) is 0 Å². The number of hydrogen-bond donors (Lipinski definition) is 1. The van der Waals surface area contributed by atoms with Crippen LogP contribution in [-0.2, 0) is 4.84 Å². The molecule has 3 rings (SSSR count). The highest BCUT2D eigenvalue weighted by Crippen LogP contribution is 2.37. The van der Waals surface area contributed by atoms with Crippen LogP contribution in [0.25, 0.3) is 0 Å². The molecule has 0 saturated heterocycles. The smallest absolute Gasteiger partial charge is 0.257 e. The lowest BCUT2D eigenvalue weighted by Gasteiger charge is -2.24. The molecule has 2 atom stereocenters. The largest absolute Gasteiger partial charge is 0.497 e. The molecule has 0 fully saturated rings. The van der Waals surface area contributed by atoms with E-state index in [9.17, 15) is 10.4 Å². The lowest BCUT2D eigenvalue weighted by molar-refractivity contribution is -0.0690. The van der Waals surface area contributed by atoms with Gasteiger partial charge in [0.05, 0.1) is 19.2 Å². The molecule has 0 spiro atoms. The summed E-state index contributed by atoms with van der Waals surface area (Å²) in [4.78, 5) is 5.38. The first-order valence-corrected chi connectivity index (χ1v) is 7.22. The molecule has 5 heteroatoms. The molecular weight excluding hydrogens is 292 g/mol. The van der Waals surface area contributed by atoms with Gasteiger partial charge in [0, 0.05) is 0 Å². The van der Waals surface area contributed by atoms with Gasteiger partial charge < -0.3 is 14.7 Å². The maximum absolute atomic E-state index is 10.6. The van der Waals surface area contributed by atoms with E-state index in [2.05, 4.69) is 11.2 Å². The first-order chi connectivity index (χ1) is 11.2.